The van der Waals surface area contributed by atoms with Crippen LogP contribution in [0.1, 0.15) is 27.2 Å². The molecule has 1 aromatic rings. The van der Waals surface area contributed by atoms with Gasteiger partial charge in [-0.2, -0.15) is 0 Å². The van der Waals surface area contributed by atoms with Gasteiger partial charge in [0, 0.05) is 11.6 Å². The van der Waals surface area contributed by atoms with E-state index in [4.69, 9.17) is 16.3 Å². The van der Waals surface area contributed by atoms with E-state index in [0.717, 1.165) is 29.4 Å². The number of rotatable bonds is 6. The molecule has 2 nitrogen and oxygen atoms in total. The maximum atomic E-state index is 5.96. The number of hydrogen-bond acceptors (Lipinski definition) is 2. The molecule has 1 N–H and O–H groups in total. The first kappa shape index (κ1) is 13.2. The molecule has 0 aliphatic rings. The molecule has 0 aliphatic carbocycles. The molecule has 0 saturated carbocycles. The van der Waals surface area contributed by atoms with E-state index >= 15 is 0 Å². The molecule has 1 aromatic carbocycles. The molecule has 0 spiro atoms. The van der Waals surface area contributed by atoms with Crippen molar-refractivity contribution in [3.8, 4) is 5.75 Å². The molecule has 0 atom stereocenters. The SMILES string of the molecule is CCOc1ccc(Cl)cc1NCCC(C)C. The molecular formula is C13H20ClNO. The van der Waals surface area contributed by atoms with E-state index < -0.39 is 0 Å². The zero-order valence-corrected chi connectivity index (χ0v) is 11.0. The summed E-state index contributed by atoms with van der Waals surface area (Å²) in [7, 11) is 0. The number of anilines is 1. The third-order valence-corrected chi connectivity index (χ3v) is 2.51. The van der Waals surface area contributed by atoms with Gasteiger partial charge in [0.2, 0.25) is 0 Å². The quantitative estimate of drug-likeness (QED) is 0.806. The topological polar surface area (TPSA) is 21.3 Å². The largest absolute Gasteiger partial charge is 0.492 e. The van der Waals surface area contributed by atoms with Crippen LogP contribution in [0.2, 0.25) is 5.02 Å². The summed E-state index contributed by atoms with van der Waals surface area (Å²) in [4.78, 5) is 0. The molecule has 0 aromatic heterocycles. The van der Waals surface area contributed by atoms with Gasteiger partial charge in [0.15, 0.2) is 0 Å². The van der Waals surface area contributed by atoms with Gasteiger partial charge in [0.1, 0.15) is 5.75 Å². The van der Waals surface area contributed by atoms with Crippen LogP contribution < -0.4 is 10.1 Å². The molecule has 0 radical (unpaired) electrons. The van der Waals surface area contributed by atoms with Crippen molar-refractivity contribution in [2.24, 2.45) is 5.92 Å². The van der Waals surface area contributed by atoms with Crippen molar-refractivity contribution in [3.63, 3.8) is 0 Å². The molecule has 3 heteroatoms. The van der Waals surface area contributed by atoms with Crippen LogP contribution in [-0.2, 0) is 0 Å². The molecule has 0 fully saturated rings. The fourth-order valence-electron chi connectivity index (χ4n) is 1.42. The van der Waals surface area contributed by atoms with Crippen LogP contribution in [-0.4, -0.2) is 13.2 Å². The average molecular weight is 242 g/mol. The third-order valence-electron chi connectivity index (χ3n) is 2.28. The Labute approximate surface area is 103 Å². The molecular weight excluding hydrogens is 222 g/mol. The molecule has 0 aliphatic heterocycles. The van der Waals surface area contributed by atoms with Gasteiger partial charge in [-0.25, -0.2) is 0 Å². The number of nitrogens with one attached hydrogen (secondary N) is 1. The number of halogens is 1. The second kappa shape index (κ2) is 6.64. The lowest BCUT2D eigenvalue weighted by Crippen LogP contribution is -2.06. The highest BCUT2D eigenvalue weighted by Crippen LogP contribution is 2.28. The van der Waals surface area contributed by atoms with Gasteiger partial charge in [-0.15, -0.1) is 0 Å². The molecule has 0 bridgehead atoms. The first-order chi connectivity index (χ1) is 7.63. The van der Waals surface area contributed by atoms with Gasteiger partial charge in [0.05, 0.1) is 12.3 Å². The van der Waals surface area contributed by atoms with Crippen molar-refractivity contribution in [1.29, 1.82) is 0 Å². The minimum absolute atomic E-state index is 0.667. The first-order valence-electron chi connectivity index (χ1n) is 5.79. The maximum Gasteiger partial charge on any atom is 0.142 e. The normalized spacial score (nSPS) is 10.6. The Kier molecular flexibility index (Phi) is 5.47. The summed E-state index contributed by atoms with van der Waals surface area (Å²) < 4.78 is 5.53. The fraction of sp³-hybridized carbons (Fsp3) is 0.538. The van der Waals surface area contributed by atoms with E-state index in [1.54, 1.807) is 0 Å². The van der Waals surface area contributed by atoms with Crippen LogP contribution in [0.4, 0.5) is 5.69 Å². The van der Waals surface area contributed by atoms with Crippen LogP contribution in [0, 0.1) is 5.92 Å². The number of benzene rings is 1. The molecule has 90 valence electrons. The van der Waals surface area contributed by atoms with Crippen molar-refractivity contribution in [1.82, 2.24) is 0 Å². The highest BCUT2D eigenvalue weighted by atomic mass is 35.5. The van der Waals surface area contributed by atoms with E-state index in [9.17, 15) is 0 Å². The summed E-state index contributed by atoms with van der Waals surface area (Å²) in [6.07, 6.45) is 1.14. The first-order valence-corrected chi connectivity index (χ1v) is 6.17. The zero-order valence-electron chi connectivity index (χ0n) is 10.2. The smallest absolute Gasteiger partial charge is 0.142 e. The molecule has 0 heterocycles. The number of ether oxygens (including phenoxy) is 1. The van der Waals surface area contributed by atoms with E-state index in [-0.39, 0.29) is 0 Å². The lowest BCUT2D eigenvalue weighted by Gasteiger charge is -2.13. The molecule has 0 amide bonds. The van der Waals surface area contributed by atoms with Gasteiger partial charge < -0.3 is 10.1 Å². The Morgan fingerprint density at radius 3 is 2.75 bits per heavy atom. The average Bonchev–Trinajstić information content (AvgIpc) is 2.21. The van der Waals surface area contributed by atoms with Gasteiger partial charge in [0.25, 0.3) is 0 Å². The Morgan fingerprint density at radius 1 is 1.38 bits per heavy atom. The summed E-state index contributed by atoms with van der Waals surface area (Å²) >= 11 is 5.96. The Morgan fingerprint density at radius 2 is 2.12 bits per heavy atom. The standard InChI is InChI=1S/C13H20ClNO/c1-4-16-13-6-5-11(14)9-12(13)15-8-7-10(2)3/h5-6,9-10,15H,4,7-8H2,1-3H3. The van der Waals surface area contributed by atoms with Crippen LogP contribution in [0.3, 0.4) is 0 Å². The summed E-state index contributed by atoms with van der Waals surface area (Å²) in [6.45, 7) is 8.01. The highest BCUT2D eigenvalue weighted by Gasteiger charge is 2.04. The van der Waals surface area contributed by atoms with E-state index in [1.165, 1.54) is 0 Å². The third kappa shape index (κ3) is 4.31. The van der Waals surface area contributed by atoms with Crippen molar-refractivity contribution >= 4 is 17.3 Å². The Balaban J connectivity index is 2.64. The van der Waals surface area contributed by atoms with Gasteiger partial charge >= 0.3 is 0 Å². The molecule has 16 heavy (non-hydrogen) atoms. The van der Waals surface area contributed by atoms with Gasteiger partial charge in [-0.1, -0.05) is 25.4 Å². The van der Waals surface area contributed by atoms with E-state index in [1.807, 2.05) is 25.1 Å². The predicted octanol–water partition coefficient (Wildman–Crippen LogP) is 4.20. The van der Waals surface area contributed by atoms with Gasteiger partial charge in [-0.05, 0) is 37.5 Å². The maximum absolute atomic E-state index is 5.96. The van der Waals surface area contributed by atoms with Gasteiger partial charge in [-0.3, -0.25) is 0 Å². The predicted molar refractivity (Wildman–Crippen MR) is 70.6 cm³/mol. The van der Waals surface area contributed by atoms with E-state index in [2.05, 4.69) is 19.2 Å². The van der Waals surface area contributed by atoms with Crippen molar-refractivity contribution in [2.75, 3.05) is 18.5 Å². The zero-order chi connectivity index (χ0) is 12.0. The molecule has 0 unspecified atom stereocenters. The minimum atomic E-state index is 0.667. The summed E-state index contributed by atoms with van der Waals surface area (Å²) in [5, 5.41) is 4.09. The highest BCUT2D eigenvalue weighted by molar-refractivity contribution is 6.30. The second-order valence-corrected chi connectivity index (χ2v) is 4.62. The summed E-state index contributed by atoms with van der Waals surface area (Å²) in [6, 6.07) is 5.66. The second-order valence-electron chi connectivity index (χ2n) is 4.18. The Hall–Kier alpha value is -0.890. The minimum Gasteiger partial charge on any atom is -0.492 e. The van der Waals surface area contributed by atoms with Crippen LogP contribution in [0.15, 0.2) is 18.2 Å². The van der Waals surface area contributed by atoms with Crippen LogP contribution in [0.5, 0.6) is 5.75 Å². The molecule has 1 rings (SSSR count). The van der Waals surface area contributed by atoms with Crippen molar-refractivity contribution in [2.45, 2.75) is 27.2 Å². The van der Waals surface area contributed by atoms with E-state index in [0.29, 0.717) is 12.5 Å². The Bertz CT molecular complexity index is 326. The van der Waals surface area contributed by atoms with Crippen molar-refractivity contribution < 1.29 is 4.74 Å². The summed E-state index contributed by atoms with van der Waals surface area (Å²) in [5.74, 6) is 1.57. The molecule has 0 saturated heterocycles. The lowest BCUT2D eigenvalue weighted by molar-refractivity contribution is 0.341. The monoisotopic (exact) mass is 241 g/mol. The van der Waals surface area contributed by atoms with Crippen LogP contribution >= 0.6 is 11.6 Å². The van der Waals surface area contributed by atoms with Crippen LogP contribution in [0.25, 0.3) is 0 Å². The van der Waals surface area contributed by atoms with Crippen molar-refractivity contribution in [3.05, 3.63) is 23.2 Å². The fourth-order valence-corrected chi connectivity index (χ4v) is 1.59. The number of hydrogen-bond donors (Lipinski definition) is 1. The summed E-state index contributed by atoms with van der Waals surface area (Å²) in [5.41, 5.74) is 0.981. The lowest BCUT2D eigenvalue weighted by atomic mass is 10.1.